The van der Waals surface area contributed by atoms with Crippen LogP contribution in [0.5, 0.6) is 5.75 Å². The Morgan fingerprint density at radius 1 is 1.24 bits per heavy atom. The molecule has 4 heteroatoms. The fraction of sp³-hybridized carbons (Fsp3) is 0.294. The highest BCUT2D eigenvalue weighted by Crippen LogP contribution is 2.36. The van der Waals surface area contributed by atoms with Crippen molar-refractivity contribution in [1.29, 1.82) is 0 Å². The summed E-state index contributed by atoms with van der Waals surface area (Å²) in [6.45, 7) is 0.748. The molecule has 21 heavy (non-hydrogen) atoms. The Morgan fingerprint density at radius 3 is 2.90 bits per heavy atom. The minimum Gasteiger partial charge on any atom is -0.493 e. The van der Waals surface area contributed by atoms with Crippen LogP contribution in [0.1, 0.15) is 23.5 Å². The predicted molar refractivity (Wildman–Crippen MR) is 88.3 cm³/mol. The average molecular weight is 347 g/mol. The van der Waals surface area contributed by atoms with Crippen molar-refractivity contribution >= 4 is 15.9 Å². The van der Waals surface area contributed by atoms with Crippen LogP contribution in [-0.4, -0.2) is 12.6 Å². The van der Waals surface area contributed by atoms with Crippen molar-refractivity contribution in [3.63, 3.8) is 0 Å². The van der Waals surface area contributed by atoms with Crippen LogP contribution in [0.4, 0.5) is 0 Å². The molecule has 0 aliphatic carbocycles. The molecule has 2 aromatic carbocycles. The second-order valence-corrected chi connectivity index (χ2v) is 6.30. The molecular weight excluding hydrogens is 328 g/mol. The van der Waals surface area contributed by atoms with Gasteiger partial charge in [0.2, 0.25) is 0 Å². The molecule has 1 aliphatic heterocycles. The summed E-state index contributed by atoms with van der Waals surface area (Å²) >= 11 is 3.52. The third-order valence-electron chi connectivity index (χ3n) is 4.05. The van der Waals surface area contributed by atoms with E-state index in [0.29, 0.717) is 5.92 Å². The lowest BCUT2D eigenvalue weighted by atomic mass is 9.84. The second kappa shape index (κ2) is 6.60. The maximum atomic E-state index is 5.84. The van der Waals surface area contributed by atoms with Crippen LogP contribution in [-0.2, 0) is 6.42 Å². The Morgan fingerprint density at radius 2 is 2.10 bits per heavy atom. The molecule has 110 valence electrons. The van der Waals surface area contributed by atoms with Crippen LogP contribution in [0.15, 0.2) is 53.0 Å². The van der Waals surface area contributed by atoms with Gasteiger partial charge in [0.1, 0.15) is 5.75 Å². The maximum Gasteiger partial charge on any atom is 0.122 e. The maximum absolute atomic E-state index is 5.84. The Hall–Kier alpha value is -1.36. The fourth-order valence-electron chi connectivity index (χ4n) is 3.02. The largest absolute Gasteiger partial charge is 0.493 e. The summed E-state index contributed by atoms with van der Waals surface area (Å²) in [7, 11) is 0. The lowest BCUT2D eigenvalue weighted by Gasteiger charge is -2.32. The lowest BCUT2D eigenvalue weighted by molar-refractivity contribution is 0.245. The molecule has 0 radical (unpaired) electrons. The van der Waals surface area contributed by atoms with Crippen molar-refractivity contribution in [2.45, 2.75) is 24.8 Å². The van der Waals surface area contributed by atoms with E-state index < -0.39 is 0 Å². The molecule has 0 fully saturated rings. The molecule has 0 saturated carbocycles. The molecule has 2 unspecified atom stereocenters. The highest BCUT2D eigenvalue weighted by molar-refractivity contribution is 9.10. The Kier molecular flexibility index (Phi) is 4.58. The number of rotatable bonds is 4. The van der Waals surface area contributed by atoms with Crippen LogP contribution < -0.4 is 16.0 Å². The normalized spacial score (nSPS) is 18.7. The molecule has 3 nitrogen and oxygen atoms in total. The van der Waals surface area contributed by atoms with Crippen LogP contribution in [0, 0.1) is 0 Å². The summed E-state index contributed by atoms with van der Waals surface area (Å²) in [5.74, 6) is 7.21. The number of ether oxygens (including phenoxy) is 1. The van der Waals surface area contributed by atoms with Gasteiger partial charge in [0, 0.05) is 16.4 Å². The number of nitrogens with one attached hydrogen (secondary N) is 1. The highest BCUT2D eigenvalue weighted by atomic mass is 79.9. The van der Waals surface area contributed by atoms with Gasteiger partial charge < -0.3 is 4.74 Å². The monoisotopic (exact) mass is 346 g/mol. The quantitative estimate of drug-likeness (QED) is 0.658. The third-order valence-corrected chi connectivity index (χ3v) is 4.54. The number of fused-ring (bicyclic) bond motifs is 1. The molecule has 0 amide bonds. The number of hydrogen-bond acceptors (Lipinski definition) is 3. The zero-order valence-electron chi connectivity index (χ0n) is 11.8. The van der Waals surface area contributed by atoms with Gasteiger partial charge >= 0.3 is 0 Å². The summed E-state index contributed by atoms with van der Waals surface area (Å²) in [4.78, 5) is 0. The van der Waals surface area contributed by atoms with E-state index in [2.05, 4.69) is 51.7 Å². The molecular formula is C17H19BrN2O. The molecule has 0 bridgehead atoms. The molecule has 2 atom stereocenters. The van der Waals surface area contributed by atoms with Crippen molar-refractivity contribution < 1.29 is 4.74 Å². The molecule has 0 spiro atoms. The van der Waals surface area contributed by atoms with E-state index in [1.807, 2.05) is 18.2 Å². The number of benzene rings is 2. The average Bonchev–Trinajstić information content (AvgIpc) is 2.52. The fourth-order valence-corrected chi connectivity index (χ4v) is 3.47. The summed E-state index contributed by atoms with van der Waals surface area (Å²) in [5.41, 5.74) is 5.54. The van der Waals surface area contributed by atoms with Gasteiger partial charge in [-0.1, -0.05) is 46.3 Å². The van der Waals surface area contributed by atoms with Gasteiger partial charge in [-0.3, -0.25) is 11.3 Å². The number of para-hydroxylation sites is 1. The van der Waals surface area contributed by atoms with E-state index in [-0.39, 0.29) is 6.04 Å². The molecule has 2 aromatic rings. The highest BCUT2D eigenvalue weighted by Gasteiger charge is 2.28. The first-order valence-corrected chi connectivity index (χ1v) is 7.99. The molecule has 1 heterocycles. The Bertz CT molecular complexity index is 617. The minimum absolute atomic E-state index is 0.198. The first kappa shape index (κ1) is 14.6. The summed E-state index contributed by atoms with van der Waals surface area (Å²) in [6.07, 6.45) is 1.88. The Labute approximate surface area is 133 Å². The van der Waals surface area contributed by atoms with Gasteiger partial charge in [0.15, 0.2) is 0 Å². The number of nitrogens with two attached hydrogens (primary N) is 1. The van der Waals surface area contributed by atoms with Gasteiger partial charge in [-0.15, -0.1) is 0 Å². The van der Waals surface area contributed by atoms with E-state index in [1.165, 1.54) is 11.1 Å². The van der Waals surface area contributed by atoms with Crippen molar-refractivity contribution in [1.82, 2.24) is 5.43 Å². The van der Waals surface area contributed by atoms with Gasteiger partial charge in [-0.25, -0.2) is 0 Å². The molecule has 1 aliphatic rings. The smallest absolute Gasteiger partial charge is 0.122 e. The predicted octanol–water partition coefficient (Wildman–Crippen LogP) is 3.39. The minimum atomic E-state index is 0.198. The SMILES string of the molecule is NNC(Cc1cccc(Br)c1)C1CCOc2ccccc21. The molecule has 3 rings (SSSR count). The molecule has 0 saturated heterocycles. The van der Waals surface area contributed by atoms with E-state index in [1.54, 1.807) is 0 Å². The van der Waals surface area contributed by atoms with Crippen molar-refractivity contribution in [2.24, 2.45) is 5.84 Å². The second-order valence-electron chi connectivity index (χ2n) is 5.39. The number of halogens is 1. The lowest BCUT2D eigenvalue weighted by Crippen LogP contribution is -2.42. The van der Waals surface area contributed by atoms with Crippen molar-refractivity contribution in [3.05, 3.63) is 64.1 Å². The van der Waals surface area contributed by atoms with Crippen LogP contribution in [0.25, 0.3) is 0 Å². The van der Waals surface area contributed by atoms with Gasteiger partial charge in [-0.05, 0) is 42.2 Å². The van der Waals surface area contributed by atoms with Gasteiger partial charge in [-0.2, -0.15) is 0 Å². The standard InChI is InChI=1S/C17H19BrN2O/c18-13-5-3-4-12(10-13)11-16(20-19)14-8-9-21-17-7-2-1-6-15(14)17/h1-7,10,14,16,20H,8-9,11,19H2. The van der Waals surface area contributed by atoms with Gasteiger partial charge in [0.05, 0.1) is 6.61 Å². The first-order chi connectivity index (χ1) is 10.3. The summed E-state index contributed by atoms with van der Waals surface area (Å²) in [6, 6.07) is 16.8. The van der Waals surface area contributed by atoms with Crippen LogP contribution >= 0.6 is 15.9 Å². The topological polar surface area (TPSA) is 47.3 Å². The number of hydrazine groups is 1. The van der Waals surface area contributed by atoms with Gasteiger partial charge in [0.25, 0.3) is 0 Å². The van der Waals surface area contributed by atoms with Crippen molar-refractivity contribution in [3.8, 4) is 5.75 Å². The van der Waals surface area contributed by atoms with Crippen molar-refractivity contribution in [2.75, 3.05) is 6.61 Å². The molecule has 0 aromatic heterocycles. The first-order valence-electron chi connectivity index (χ1n) is 7.20. The van der Waals surface area contributed by atoms with E-state index in [4.69, 9.17) is 10.6 Å². The number of hydrogen-bond donors (Lipinski definition) is 2. The van der Waals surface area contributed by atoms with E-state index in [9.17, 15) is 0 Å². The van der Waals surface area contributed by atoms with Crippen LogP contribution in [0.2, 0.25) is 0 Å². The van der Waals surface area contributed by atoms with E-state index >= 15 is 0 Å². The third kappa shape index (κ3) is 3.28. The molecule has 3 N–H and O–H groups in total. The van der Waals surface area contributed by atoms with Crippen LogP contribution in [0.3, 0.4) is 0 Å². The zero-order chi connectivity index (χ0) is 14.7. The Balaban J connectivity index is 1.84. The zero-order valence-corrected chi connectivity index (χ0v) is 13.3. The summed E-state index contributed by atoms with van der Waals surface area (Å²) < 4.78 is 6.84. The van der Waals surface area contributed by atoms with E-state index in [0.717, 1.165) is 29.7 Å². The summed E-state index contributed by atoms with van der Waals surface area (Å²) in [5, 5.41) is 0.